The fourth-order valence-electron chi connectivity index (χ4n) is 1.19. The number of hydrogen-bond donors (Lipinski definition) is 2. The van der Waals surface area contributed by atoms with Gasteiger partial charge in [-0.2, -0.15) is 0 Å². The standard InChI is InChI=1S/C9H14N4O4S/c1-18(16,17)12-5-2-4-10-9-7-8(13(14)15)3-6-11-9/h3,6-7,12H,2,4-5H2,1H3,(H,10,11). The highest BCUT2D eigenvalue weighted by Crippen LogP contribution is 2.13. The Balaban J connectivity index is 2.36. The van der Waals surface area contributed by atoms with Gasteiger partial charge in [-0.05, 0) is 6.42 Å². The van der Waals surface area contributed by atoms with Crippen molar-refractivity contribution in [2.45, 2.75) is 6.42 Å². The molecule has 1 aromatic rings. The van der Waals surface area contributed by atoms with Gasteiger partial charge in [-0.1, -0.05) is 0 Å². The van der Waals surface area contributed by atoms with Crippen molar-refractivity contribution in [3.8, 4) is 0 Å². The van der Waals surface area contributed by atoms with E-state index in [4.69, 9.17) is 0 Å². The molecule has 0 atom stereocenters. The zero-order chi connectivity index (χ0) is 13.6. The molecule has 0 aliphatic rings. The van der Waals surface area contributed by atoms with Crippen LogP contribution in [0, 0.1) is 10.1 Å². The predicted octanol–water partition coefficient (Wildman–Crippen LogP) is 0.341. The molecule has 1 heterocycles. The van der Waals surface area contributed by atoms with Crippen LogP contribution in [0.5, 0.6) is 0 Å². The smallest absolute Gasteiger partial charge is 0.274 e. The third-order valence-corrected chi connectivity index (χ3v) is 2.71. The largest absolute Gasteiger partial charge is 0.370 e. The Kier molecular flexibility index (Phi) is 4.98. The van der Waals surface area contributed by atoms with Gasteiger partial charge in [-0.3, -0.25) is 10.1 Å². The molecular formula is C9H14N4O4S. The summed E-state index contributed by atoms with van der Waals surface area (Å²) in [7, 11) is -3.17. The van der Waals surface area contributed by atoms with Crippen LogP contribution in [0.4, 0.5) is 11.5 Å². The Morgan fingerprint density at radius 2 is 2.17 bits per heavy atom. The molecule has 0 saturated carbocycles. The van der Waals surface area contributed by atoms with E-state index >= 15 is 0 Å². The fourth-order valence-corrected chi connectivity index (χ4v) is 1.71. The highest BCUT2D eigenvalue weighted by Gasteiger charge is 2.06. The highest BCUT2D eigenvalue weighted by molar-refractivity contribution is 7.88. The molecule has 100 valence electrons. The average molecular weight is 274 g/mol. The first-order valence-electron chi connectivity index (χ1n) is 5.17. The van der Waals surface area contributed by atoms with Gasteiger partial charge in [-0.15, -0.1) is 0 Å². The van der Waals surface area contributed by atoms with Gasteiger partial charge in [0.25, 0.3) is 5.69 Å². The first-order valence-corrected chi connectivity index (χ1v) is 7.06. The molecule has 1 aromatic heterocycles. The molecule has 0 saturated heterocycles. The van der Waals surface area contributed by atoms with Crippen molar-refractivity contribution >= 4 is 21.5 Å². The monoisotopic (exact) mass is 274 g/mol. The number of nitro groups is 1. The van der Waals surface area contributed by atoms with Crippen LogP contribution < -0.4 is 10.0 Å². The molecule has 0 unspecified atom stereocenters. The fraction of sp³-hybridized carbons (Fsp3) is 0.444. The minimum atomic E-state index is -3.17. The third-order valence-electron chi connectivity index (χ3n) is 1.98. The highest BCUT2D eigenvalue weighted by atomic mass is 32.2. The lowest BCUT2D eigenvalue weighted by atomic mass is 10.4. The number of anilines is 1. The van der Waals surface area contributed by atoms with Crippen LogP contribution >= 0.6 is 0 Å². The number of aromatic nitrogens is 1. The predicted molar refractivity (Wildman–Crippen MR) is 66.8 cm³/mol. The Bertz CT molecular complexity index is 517. The summed E-state index contributed by atoms with van der Waals surface area (Å²) in [6, 6.07) is 2.63. The third kappa shape index (κ3) is 5.55. The van der Waals surface area contributed by atoms with E-state index in [1.807, 2.05) is 0 Å². The SMILES string of the molecule is CS(=O)(=O)NCCCNc1cc([N+](=O)[O-])ccn1. The van der Waals surface area contributed by atoms with E-state index in [2.05, 4.69) is 15.0 Å². The number of sulfonamides is 1. The van der Waals surface area contributed by atoms with Crippen molar-refractivity contribution in [1.29, 1.82) is 0 Å². The van der Waals surface area contributed by atoms with E-state index in [0.29, 0.717) is 25.3 Å². The molecule has 0 aliphatic heterocycles. The molecule has 0 aromatic carbocycles. The van der Waals surface area contributed by atoms with E-state index in [1.54, 1.807) is 0 Å². The van der Waals surface area contributed by atoms with Crippen LogP contribution in [0.25, 0.3) is 0 Å². The molecule has 0 fully saturated rings. The summed E-state index contributed by atoms with van der Waals surface area (Å²) in [6.07, 6.45) is 2.98. The van der Waals surface area contributed by atoms with E-state index in [-0.39, 0.29) is 5.69 Å². The number of pyridine rings is 1. The lowest BCUT2D eigenvalue weighted by Crippen LogP contribution is -2.24. The summed E-state index contributed by atoms with van der Waals surface area (Å²) < 4.78 is 23.9. The Morgan fingerprint density at radius 1 is 1.44 bits per heavy atom. The van der Waals surface area contributed by atoms with E-state index in [1.165, 1.54) is 18.3 Å². The second-order valence-corrected chi connectivity index (χ2v) is 5.44. The lowest BCUT2D eigenvalue weighted by Gasteiger charge is -2.05. The van der Waals surface area contributed by atoms with Crippen molar-refractivity contribution in [3.63, 3.8) is 0 Å². The van der Waals surface area contributed by atoms with E-state index in [9.17, 15) is 18.5 Å². The minimum absolute atomic E-state index is 0.0400. The molecule has 0 spiro atoms. The lowest BCUT2D eigenvalue weighted by molar-refractivity contribution is -0.384. The Hall–Kier alpha value is -1.74. The molecule has 9 heteroatoms. The number of nitrogens with zero attached hydrogens (tertiary/aromatic N) is 2. The maximum absolute atomic E-state index is 10.8. The molecule has 8 nitrogen and oxygen atoms in total. The first-order chi connectivity index (χ1) is 8.38. The van der Waals surface area contributed by atoms with Gasteiger partial charge >= 0.3 is 0 Å². The molecular weight excluding hydrogens is 260 g/mol. The van der Waals surface area contributed by atoms with Crippen molar-refractivity contribution in [3.05, 3.63) is 28.4 Å². The van der Waals surface area contributed by atoms with Crippen molar-refractivity contribution < 1.29 is 13.3 Å². The van der Waals surface area contributed by atoms with Crippen molar-refractivity contribution in [1.82, 2.24) is 9.71 Å². The zero-order valence-electron chi connectivity index (χ0n) is 9.79. The normalized spacial score (nSPS) is 11.2. The maximum atomic E-state index is 10.8. The van der Waals surface area contributed by atoms with Gasteiger partial charge in [0.1, 0.15) is 5.82 Å². The van der Waals surface area contributed by atoms with Crippen LogP contribution in [0.3, 0.4) is 0 Å². The number of nitrogens with one attached hydrogen (secondary N) is 2. The Labute approximate surface area is 105 Å². The molecule has 0 radical (unpaired) electrons. The van der Waals surface area contributed by atoms with Gasteiger partial charge in [-0.25, -0.2) is 18.1 Å². The van der Waals surface area contributed by atoms with E-state index in [0.717, 1.165) is 6.26 Å². The summed E-state index contributed by atoms with van der Waals surface area (Å²) in [4.78, 5) is 13.9. The van der Waals surface area contributed by atoms with E-state index < -0.39 is 14.9 Å². The summed E-state index contributed by atoms with van der Waals surface area (Å²) in [5.41, 5.74) is -0.0400. The summed E-state index contributed by atoms with van der Waals surface area (Å²) in [5, 5.41) is 13.4. The van der Waals surface area contributed by atoms with Crippen molar-refractivity contribution in [2.24, 2.45) is 0 Å². The molecule has 0 bridgehead atoms. The van der Waals surface area contributed by atoms with Gasteiger partial charge in [0.15, 0.2) is 0 Å². The van der Waals surface area contributed by atoms with Gasteiger partial charge in [0.2, 0.25) is 10.0 Å². The minimum Gasteiger partial charge on any atom is -0.370 e. The molecule has 2 N–H and O–H groups in total. The molecule has 18 heavy (non-hydrogen) atoms. The molecule has 1 rings (SSSR count). The van der Waals surface area contributed by atoms with Gasteiger partial charge in [0.05, 0.1) is 17.2 Å². The van der Waals surface area contributed by atoms with Crippen LogP contribution in [0.1, 0.15) is 6.42 Å². The molecule has 0 amide bonds. The van der Waals surface area contributed by atoms with Crippen LogP contribution in [0.15, 0.2) is 18.3 Å². The van der Waals surface area contributed by atoms with Crippen LogP contribution in [-0.2, 0) is 10.0 Å². The van der Waals surface area contributed by atoms with Crippen molar-refractivity contribution in [2.75, 3.05) is 24.7 Å². The summed E-state index contributed by atoms with van der Waals surface area (Å²) in [5.74, 6) is 0.392. The van der Waals surface area contributed by atoms with Gasteiger partial charge < -0.3 is 5.32 Å². The quantitative estimate of drug-likeness (QED) is 0.421. The Morgan fingerprint density at radius 3 is 2.78 bits per heavy atom. The zero-order valence-corrected chi connectivity index (χ0v) is 10.6. The average Bonchev–Trinajstić information content (AvgIpc) is 2.27. The second-order valence-electron chi connectivity index (χ2n) is 3.60. The topological polar surface area (TPSA) is 114 Å². The second kappa shape index (κ2) is 6.26. The number of rotatable bonds is 7. The first kappa shape index (κ1) is 14.3. The van der Waals surface area contributed by atoms with Crippen LogP contribution in [0.2, 0.25) is 0 Å². The number of hydrogen-bond acceptors (Lipinski definition) is 6. The summed E-state index contributed by atoms with van der Waals surface area (Å²) >= 11 is 0. The molecule has 0 aliphatic carbocycles. The summed E-state index contributed by atoms with van der Waals surface area (Å²) in [6.45, 7) is 0.775. The van der Waals surface area contributed by atoms with Crippen LogP contribution in [-0.4, -0.2) is 37.7 Å². The van der Waals surface area contributed by atoms with Gasteiger partial charge in [0, 0.05) is 25.4 Å². The maximum Gasteiger partial charge on any atom is 0.274 e.